The molecule has 1 amide bonds. The molecule has 0 aromatic heterocycles. The van der Waals surface area contributed by atoms with Gasteiger partial charge in [0.1, 0.15) is 22.2 Å². The Morgan fingerprint density at radius 3 is 2.00 bits per heavy atom. The number of hydrogen-bond acceptors (Lipinski definition) is 8. The van der Waals surface area contributed by atoms with Crippen molar-refractivity contribution in [2.24, 2.45) is 10.2 Å². The van der Waals surface area contributed by atoms with Crippen molar-refractivity contribution >= 4 is 34.7 Å². The molecule has 0 bridgehead atoms. The normalized spacial score (nSPS) is 11.7. The van der Waals surface area contributed by atoms with Gasteiger partial charge in [-0.1, -0.05) is 11.6 Å². The van der Waals surface area contributed by atoms with E-state index in [9.17, 15) is 9.59 Å². The van der Waals surface area contributed by atoms with E-state index in [1.54, 1.807) is 37.3 Å². The van der Waals surface area contributed by atoms with Crippen molar-refractivity contribution in [2.45, 2.75) is 40.7 Å². The summed E-state index contributed by atoms with van der Waals surface area (Å²) in [7, 11) is 0. The smallest absolute Gasteiger partial charge is 0.258 e. The van der Waals surface area contributed by atoms with E-state index in [1.165, 1.54) is 6.92 Å². The highest BCUT2D eigenvalue weighted by Gasteiger charge is 2.26. The molecule has 9 nitrogen and oxygen atoms in total. The summed E-state index contributed by atoms with van der Waals surface area (Å²) in [6.45, 7) is 10.2. The van der Waals surface area contributed by atoms with Gasteiger partial charge in [0, 0.05) is 6.07 Å². The van der Waals surface area contributed by atoms with Gasteiger partial charge in [0.2, 0.25) is 6.04 Å². The third-order valence-electron chi connectivity index (χ3n) is 4.37. The maximum Gasteiger partial charge on any atom is 0.258 e. The van der Waals surface area contributed by atoms with E-state index in [1.807, 2.05) is 20.8 Å². The second-order valence-electron chi connectivity index (χ2n) is 6.83. The second kappa shape index (κ2) is 13.4. The summed E-state index contributed by atoms with van der Waals surface area (Å²) in [5.41, 5.74) is 0.595. The molecular weight excluding hydrogens is 462 g/mol. The number of amides is 1. The van der Waals surface area contributed by atoms with Crippen LogP contribution in [-0.2, 0) is 9.59 Å². The molecule has 1 atom stereocenters. The van der Waals surface area contributed by atoms with Crippen molar-refractivity contribution in [3.05, 3.63) is 35.4 Å². The van der Waals surface area contributed by atoms with Crippen molar-refractivity contribution in [2.75, 3.05) is 31.7 Å². The Labute approximate surface area is 204 Å². The van der Waals surface area contributed by atoms with E-state index in [0.29, 0.717) is 55.1 Å². The van der Waals surface area contributed by atoms with Crippen molar-refractivity contribution in [3.63, 3.8) is 0 Å². The van der Waals surface area contributed by atoms with Gasteiger partial charge in [0.15, 0.2) is 17.3 Å². The number of benzene rings is 2. The number of nitrogens with zero attached hydrogens (tertiary/aromatic N) is 2. The van der Waals surface area contributed by atoms with Crippen LogP contribution in [0, 0.1) is 0 Å². The number of carbonyl (C=O) groups excluding carboxylic acids is 2. The number of carbonyl (C=O) groups is 2. The molecule has 34 heavy (non-hydrogen) atoms. The Bertz CT molecular complexity index is 1030. The quantitative estimate of drug-likeness (QED) is 0.288. The molecule has 0 saturated heterocycles. The number of ether oxygens (including phenoxy) is 4. The summed E-state index contributed by atoms with van der Waals surface area (Å²) < 4.78 is 22.2. The Balaban J connectivity index is 2.32. The minimum absolute atomic E-state index is 0.160. The Morgan fingerprint density at radius 1 is 0.853 bits per heavy atom. The van der Waals surface area contributed by atoms with Crippen LogP contribution >= 0.6 is 11.6 Å². The molecule has 0 aliphatic heterocycles. The molecular formula is C24H30ClN3O6. The zero-order valence-electron chi connectivity index (χ0n) is 20.0. The molecule has 0 radical (unpaired) electrons. The summed E-state index contributed by atoms with van der Waals surface area (Å²) in [6, 6.07) is 6.86. The average Bonchev–Trinajstić information content (AvgIpc) is 2.80. The van der Waals surface area contributed by atoms with Gasteiger partial charge in [-0.05, 0) is 58.9 Å². The zero-order chi connectivity index (χ0) is 25.1. The maximum absolute atomic E-state index is 13.0. The molecule has 2 aromatic rings. The monoisotopic (exact) mass is 491 g/mol. The minimum atomic E-state index is -1.40. The summed E-state index contributed by atoms with van der Waals surface area (Å²) in [5.74, 6) is 0.580. The lowest BCUT2D eigenvalue weighted by Gasteiger charge is -2.17. The molecule has 0 spiro atoms. The van der Waals surface area contributed by atoms with E-state index in [2.05, 4.69) is 15.5 Å². The lowest BCUT2D eigenvalue weighted by Crippen LogP contribution is -2.32. The van der Waals surface area contributed by atoms with Gasteiger partial charge in [0.05, 0.1) is 32.1 Å². The van der Waals surface area contributed by atoms with E-state index in [0.717, 1.165) is 0 Å². The zero-order valence-corrected chi connectivity index (χ0v) is 20.8. The first-order valence-corrected chi connectivity index (χ1v) is 11.4. The predicted octanol–water partition coefficient (Wildman–Crippen LogP) is 5.61. The van der Waals surface area contributed by atoms with Gasteiger partial charge in [-0.15, -0.1) is 0 Å². The number of rotatable bonds is 13. The van der Waals surface area contributed by atoms with E-state index < -0.39 is 17.7 Å². The van der Waals surface area contributed by atoms with Crippen LogP contribution in [-0.4, -0.2) is 44.2 Å². The Hall–Kier alpha value is -3.33. The largest absolute Gasteiger partial charge is 0.492 e. The maximum atomic E-state index is 13.0. The van der Waals surface area contributed by atoms with Crippen LogP contribution < -0.4 is 24.3 Å². The summed E-state index contributed by atoms with van der Waals surface area (Å²) in [5, 5.41) is 10.9. The van der Waals surface area contributed by atoms with Crippen LogP contribution in [0.2, 0.25) is 5.02 Å². The Kier molecular flexibility index (Phi) is 10.6. The number of azo groups is 1. The number of nitrogens with one attached hydrogen (secondary N) is 1. The van der Waals surface area contributed by atoms with Gasteiger partial charge >= 0.3 is 0 Å². The van der Waals surface area contributed by atoms with E-state index >= 15 is 0 Å². The van der Waals surface area contributed by atoms with Crippen LogP contribution in [0.3, 0.4) is 0 Å². The van der Waals surface area contributed by atoms with Gasteiger partial charge in [-0.2, -0.15) is 10.2 Å². The first-order chi connectivity index (χ1) is 16.4. The van der Waals surface area contributed by atoms with Crippen molar-refractivity contribution in [1.82, 2.24) is 0 Å². The van der Waals surface area contributed by atoms with Crippen LogP contribution in [0.4, 0.5) is 11.4 Å². The first-order valence-electron chi connectivity index (χ1n) is 11.1. The van der Waals surface area contributed by atoms with Crippen LogP contribution in [0.25, 0.3) is 0 Å². The van der Waals surface area contributed by atoms with E-state index in [-0.39, 0.29) is 10.7 Å². The fourth-order valence-corrected chi connectivity index (χ4v) is 3.19. The highest BCUT2D eigenvalue weighted by molar-refractivity contribution is 6.35. The lowest BCUT2D eigenvalue weighted by atomic mass is 10.2. The predicted molar refractivity (Wildman–Crippen MR) is 130 cm³/mol. The van der Waals surface area contributed by atoms with Crippen molar-refractivity contribution in [1.29, 1.82) is 0 Å². The fraction of sp³-hybridized carbons (Fsp3) is 0.417. The van der Waals surface area contributed by atoms with Crippen LogP contribution in [0.1, 0.15) is 34.6 Å². The van der Waals surface area contributed by atoms with Gasteiger partial charge < -0.3 is 24.3 Å². The number of Topliss-reactive ketones (excluding diaryl/α,β-unsaturated/α-hetero) is 1. The summed E-state index contributed by atoms with van der Waals surface area (Å²) in [4.78, 5) is 25.2. The van der Waals surface area contributed by atoms with Crippen LogP contribution in [0.5, 0.6) is 23.0 Å². The molecule has 0 fully saturated rings. The van der Waals surface area contributed by atoms with Gasteiger partial charge in [-0.25, -0.2) is 0 Å². The number of hydrogen-bond donors (Lipinski definition) is 1. The van der Waals surface area contributed by atoms with Crippen molar-refractivity contribution < 1.29 is 28.5 Å². The highest BCUT2D eigenvalue weighted by Crippen LogP contribution is 2.40. The van der Waals surface area contributed by atoms with Crippen LogP contribution in [0.15, 0.2) is 40.6 Å². The minimum Gasteiger partial charge on any atom is -0.492 e. The average molecular weight is 492 g/mol. The summed E-state index contributed by atoms with van der Waals surface area (Å²) in [6.07, 6.45) is 0. The molecule has 1 unspecified atom stereocenters. The van der Waals surface area contributed by atoms with Gasteiger partial charge in [-0.3, -0.25) is 9.59 Å². The number of ketones is 1. The molecule has 184 valence electrons. The lowest BCUT2D eigenvalue weighted by molar-refractivity contribution is -0.126. The number of halogens is 1. The van der Waals surface area contributed by atoms with Crippen molar-refractivity contribution in [3.8, 4) is 23.0 Å². The fourth-order valence-electron chi connectivity index (χ4n) is 2.93. The SMILES string of the molecule is CCOc1ccc(N=NC(C(C)=O)C(=O)Nc2c(OCC)ccc(OCC)c2Cl)cc1OCC. The second-order valence-corrected chi connectivity index (χ2v) is 7.21. The third kappa shape index (κ3) is 7.08. The standard InChI is InChI=1S/C24H30ClN3O6/c1-6-31-17-11-10-16(14-20(17)34-9-4)27-28-22(15(5)29)24(30)26-23-19(33-8-3)13-12-18(21(23)25)32-7-2/h10-14,22H,6-9H2,1-5H3,(H,26,30). The topological polar surface area (TPSA) is 108 Å². The summed E-state index contributed by atoms with van der Waals surface area (Å²) >= 11 is 6.43. The molecule has 0 heterocycles. The molecule has 2 rings (SSSR count). The highest BCUT2D eigenvalue weighted by atomic mass is 35.5. The molecule has 0 aliphatic rings. The van der Waals surface area contributed by atoms with E-state index in [4.69, 9.17) is 30.5 Å². The van der Waals surface area contributed by atoms with Gasteiger partial charge in [0.25, 0.3) is 5.91 Å². The molecule has 1 N–H and O–H groups in total. The number of anilines is 1. The molecule has 0 saturated carbocycles. The molecule has 10 heteroatoms. The molecule has 0 aliphatic carbocycles. The molecule has 2 aromatic carbocycles. The first kappa shape index (κ1) is 26.9. The third-order valence-corrected chi connectivity index (χ3v) is 4.74. The Morgan fingerprint density at radius 2 is 1.38 bits per heavy atom.